The molecule has 0 saturated carbocycles. The van der Waals surface area contributed by atoms with E-state index in [1.54, 1.807) is 24.3 Å². The van der Waals surface area contributed by atoms with Crippen LogP contribution in [0.4, 0.5) is 0 Å². The summed E-state index contributed by atoms with van der Waals surface area (Å²) in [5.74, 6) is -0.777. The fourth-order valence-corrected chi connectivity index (χ4v) is 2.62. The van der Waals surface area contributed by atoms with Gasteiger partial charge in [-0.3, -0.25) is 14.4 Å². The number of nitrogens with one attached hydrogen (secondary N) is 2. The maximum atomic E-state index is 12.6. The van der Waals surface area contributed by atoms with Crippen LogP contribution in [0, 0.1) is 0 Å². The first-order valence-electron chi connectivity index (χ1n) is 8.12. The number of aromatic nitrogens is 2. The molecule has 0 spiro atoms. The van der Waals surface area contributed by atoms with Gasteiger partial charge < -0.3 is 10.6 Å². The van der Waals surface area contributed by atoms with Gasteiger partial charge >= 0.3 is 0 Å². The minimum atomic E-state index is -0.417. The van der Waals surface area contributed by atoms with Crippen molar-refractivity contribution in [1.29, 1.82) is 0 Å². The van der Waals surface area contributed by atoms with Crippen LogP contribution in [0.25, 0.3) is 10.8 Å². The van der Waals surface area contributed by atoms with Gasteiger partial charge in [-0.25, -0.2) is 4.68 Å². The van der Waals surface area contributed by atoms with Crippen molar-refractivity contribution in [2.75, 3.05) is 7.05 Å². The minimum Gasteiger partial charge on any atom is -0.354 e. The summed E-state index contributed by atoms with van der Waals surface area (Å²) in [5, 5.41) is 10.1. The van der Waals surface area contributed by atoms with Gasteiger partial charge in [0.15, 0.2) is 5.69 Å². The average molecular weight is 350 g/mol. The van der Waals surface area contributed by atoms with Gasteiger partial charge in [-0.2, -0.15) is 5.10 Å². The molecule has 0 aliphatic carbocycles. The highest BCUT2D eigenvalue weighted by Crippen LogP contribution is 2.13. The lowest BCUT2D eigenvalue weighted by Gasteiger charge is -2.10. The lowest BCUT2D eigenvalue weighted by molar-refractivity contribution is -0.122. The van der Waals surface area contributed by atoms with Crippen molar-refractivity contribution in [3.63, 3.8) is 0 Å². The Bertz CT molecular complexity index is 1010. The molecule has 0 unspecified atom stereocenters. The zero-order valence-corrected chi connectivity index (χ0v) is 14.2. The Balaban J connectivity index is 1.87. The van der Waals surface area contributed by atoms with Crippen molar-refractivity contribution in [1.82, 2.24) is 20.4 Å². The highest BCUT2D eigenvalue weighted by Gasteiger charge is 2.16. The van der Waals surface area contributed by atoms with E-state index in [-0.39, 0.29) is 18.1 Å². The van der Waals surface area contributed by atoms with Gasteiger partial charge in [-0.1, -0.05) is 48.5 Å². The van der Waals surface area contributed by atoms with Crippen molar-refractivity contribution < 1.29 is 9.59 Å². The van der Waals surface area contributed by atoms with Gasteiger partial charge in [0.1, 0.15) is 6.54 Å². The van der Waals surface area contributed by atoms with Crippen LogP contribution in [0.15, 0.2) is 59.4 Å². The maximum Gasteiger partial charge on any atom is 0.275 e. The van der Waals surface area contributed by atoms with Crippen molar-refractivity contribution in [2.45, 2.75) is 13.1 Å². The first-order chi connectivity index (χ1) is 12.6. The Morgan fingerprint density at radius 2 is 1.65 bits per heavy atom. The van der Waals surface area contributed by atoms with Gasteiger partial charge in [-0.15, -0.1) is 0 Å². The van der Waals surface area contributed by atoms with E-state index in [0.717, 1.165) is 10.2 Å². The van der Waals surface area contributed by atoms with E-state index in [4.69, 9.17) is 0 Å². The summed E-state index contributed by atoms with van der Waals surface area (Å²) in [6.45, 7) is 0.0881. The molecule has 3 rings (SSSR count). The molecule has 0 bridgehead atoms. The number of nitrogens with zero attached hydrogens (tertiary/aromatic N) is 2. The SMILES string of the molecule is CNC(=O)c1nn(CC(=O)NCc2ccccc2)c(=O)c2ccccc12. The van der Waals surface area contributed by atoms with Gasteiger partial charge in [0.25, 0.3) is 11.5 Å². The van der Waals surface area contributed by atoms with Crippen molar-refractivity contribution in [3.05, 3.63) is 76.2 Å². The van der Waals surface area contributed by atoms with Crippen LogP contribution >= 0.6 is 0 Å². The van der Waals surface area contributed by atoms with Gasteiger partial charge in [0.05, 0.1) is 5.39 Å². The van der Waals surface area contributed by atoms with E-state index >= 15 is 0 Å². The van der Waals surface area contributed by atoms with Crippen molar-refractivity contribution in [2.24, 2.45) is 0 Å². The molecule has 0 fully saturated rings. The smallest absolute Gasteiger partial charge is 0.275 e. The van der Waals surface area contributed by atoms with Crippen LogP contribution in [0.1, 0.15) is 16.1 Å². The molecule has 1 heterocycles. The summed E-state index contributed by atoms with van der Waals surface area (Å²) in [5.41, 5.74) is 0.646. The average Bonchev–Trinajstić information content (AvgIpc) is 2.69. The number of carbonyl (C=O) groups is 2. The molecule has 0 aliphatic rings. The summed E-state index contributed by atoms with van der Waals surface area (Å²) in [4.78, 5) is 36.9. The van der Waals surface area contributed by atoms with E-state index in [2.05, 4.69) is 15.7 Å². The highest BCUT2D eigenvalue weighted by molar-refractivity contribution is 6.04. The third-order valence-corrected chi connectivity index (χ3v) is 3.94. The van der Waals surface area contributed by atoms with Gasteiger partial charge in [-0.05, 0) is 11.6 Å². The molecular formula is C19H18N4O3. The predicted octanol–water partition coefficient (Wildman–Crippen LogP) is 1.07. The number of fused-ring (bicyclic) bond motifs is 1. The molecule has 0 atom stereocenters. The molecule has 2 amide bonds. The zero-order chi connectivity index (χ0) is 18.5. The molecule has 7 heteroatoms. The van der Waals surface area contributed by atoms with E-state index in [0.29, 0.717) is 17.3 Å². The van der Waals surface area contributed by atoms with E-state index in [1.807, 2.05) is 30.3 Å². The second-order valence-corrected chi connectivity index (χ2v) is 5.70. The zero-order valence-electron chi connectivity index (χ0n) is 14.2. The van der Waals surface area contributed by atoms with E-state index in [9.17, 15) is 14.4 Å². The van der Waals surface area contributed by atoms with E-state index < -0.39 is 11.5 Å². The Morgan fingerprint density at radius 1 is 1.00 bits per heavy atom. The summed E-state index contributed by atoms with van der Waals surface area (Å²) in [6.07, 6.45) is 0. The Kier molecular flexibility index (Phi) is 5.07. The number of benzene rings is 2. The predicted molar refractivity (Wildman–Crippen MR) is 97.7 cm³/mol. The summed E-state index contributed by atoms with van der Waals surface area (Å²) in [6, 6.07) is 16.2. The third-order valence-electron chi connectivity index (χ3n) is 3.94. The first-order valence-corrected chi connectivity index (χ1v) is 8.12. The van der Waals surface area contributed by atoms with Gasteiger partial charge in [0, 0.05) is 19.0 Å². The monoisotopic (exact) mass is 350 g/mol. The molecular weight excluding hydrogens is 332 g/mol. The molecule has 1 aromatic heterocycles. The second kappa shape index (κ2) is 7.60. The lowest BCUT2D eigenvalue weighted by Crippen LogP contribution is -2.35. The van der Waals surface area contributed by atoms with E-state index in [1.165, 1.54) is 7.05 Å². The normalized spacial score (nSPS) is 10.5. The molecule has 3 aromatic rings. The fraction of sp³-hybridized carbons (Fsp3) is 0.158. The molecule has 26 heavy (non-hydrogen) atoms. The molecule has 0 radical (unpaired) electrons. The first kappa shape index (κ1) is 17.3. The van der Waals surface area contributed by atoms with Crippen LogP contribution in [-0.4, -0.2) is 28.6 Å². The second-order valence-electron chi connectivity index (χ2n) is 5.70. The lowest BCUT2D eigenvalue weighted by atomic mass is 10.1. The van der Waals surface area contributed by atoms with Crippen molar-refractivity contribution >= 4 is 22.6 Å². The Labute approximate surface area is 149 Å². The number of amides is 2. The van der Waals surface area contributed by atoms with Crippen molar-refractivity contribution in [3.8, 4) is 0 Å². The van der Waals surface area contributed by atoms with Crippen LogP contribution in [-0.2, 0) is 17.9 Å². The number of carbonyl (C=O) groups excluding carboxylic acids is 2. The van der Waals surface area contributed by atoms with Crippen LogP contribution in [0.3, 0.4) is 0 Å². The molecule has 2 N–H and O–H groups in total. The standard InChI is InChI=1S/C19H18N4O3/c1-20-18(25)17-14-9-5-6-10-15(14)19(26)23(22-17)12-16(24)21-11-13-7-3-2-4-8-13/h2-10H,11-12H2,1H3,(H,20,25)(H,21,24). The molecule has 0 saturated heterocycles. The molecule has 7 nitrogen and oxygen atoms in total. The summed E-state index contributed by atoms with van der Waals surface area (Å²) >= 11 is 0. The summed E-state index contributed by atoms with van der Waals surface area (Å²) in [7, 11) is 1.49. The third kappa shape index (κ3) is 3.61. The molecule has 2 aromatic carbocycles. The van der Waals surface area contributed by atoms with Gasteiger partial charge in [0.2, 0.25) is 5.91 Å². The van der Waals surface area contributed by atoms with Crippen LogP contribution < -0.4 is 16.2 Å². The number of rotatable bonds is 5. The quantitative estimate of drug-likeness (QED) is 0.720. The minimum absolute atomic E-state index is 0.110. The van der Waals surface area contributed by atoms with Crippen LogP contribution in [0.2, 0.25) is 0 Å². The van der Waals surface area contributed by atoms with Crippen LogP contribution in [0.5, 0.6) is 0 Å². The Hall–Kier alpha value is -3.48. The maximum absolute atomic E-state index is 12.6. The number of hydrogen-bond acceptors (Lipinski definition) is 4. The molecule has 132 valence electrons. The largest absolute Gasteiger partial charge is 0.354 e. The number of hydrogen-bond donors (Lipinski definition) is 2. The Morgan fingerprint density at radius 3 is 2.35 bits per heavy atom. The molecule has 0 aliphatic heterocycles. The summed E-state index contributed by atoms with van der Waals surface area (Å²) < 4.78 is 1.02. The highest BCUT2D eigenvalue weighted by atomic mass is 16.2. The topological polar surface area (TPSA) is 93.1 Å². The fourth-order valence-electron chi connectivity index (χ4n) is 2.62.